The van der Waals surface area contributed by atoms with Crippen molar-refractivity contribution in [2.75, 3.05) is 13.0 Å². The van der Waals surface area contributed by atoms with Crippen LogP contribution >= 0.6 is 7.60 Å². The van der Waals surface area contributed by atoms with Gasteiger partial charge in [-0.1, -0.05) is 0 Å². The molecule has 1 aromatic heterocycles. The fraction of sp³-hybridized carbons (Fsp3) is 0.444. The van der Waals surface area contributed by atoms with E-state index in [9.17, 15) is 24.1 Å². The van der Waals surface area contributed by atoms with Gasteiger partial charge in [-0.15, -0.1) is 0 Å². The number of nitrogens with zero attached hydrogens (tertiary/aromatic N) is 1. The predicted octanol–water partition coefficient (Wildman–Crippen LogP) is -5.83. The molecule has 22 heavy (non-hydrogen) atoms. The Bertz CT molecular complexity index is 671. The normalized spacial score (nSPS) is 14.0. The van der Waals surface area contributed by atoms with E-state index in [2.05, 4.69) is 4.74 Å². The minimum absolute atomic E-state index is 0. The molecule has 0 aliphatic heterocycles. The molecule has 2 atom stereocenters. The first-order valence-electron chi connectivity index (χ1n) is 5.47. The van der Waals surface area contributed by atoms with Gasteiger partial charge >= 0.3 is 42.8 Å². The fourth-order valence-corrected chi connectivity index (χ4v) is 1.71. The number of carbonyl (C=O) groups excluding carboxylic acids is 1. The van der Waals surface area contributed by atoms with E-state index in [-0.39, 0.29) is 31.0 Å². The second-order valence-corrected chi connectivity index (χ2v) is 5.53. The van der Waals surface area contributed by atoms with Crippen LogP contribution in [0.4, 0.5) is 0 Å². The van der Waals surface area contributed by atoms with E-state index >= 15 is 0 Å². The van der Waals surface area contributed by atoms with E-state index in [0.29, 0.717) is 4.57 Å². The molecule has 0 aliphatic rings. The topological polar surface area (TPSA) is 179 Å². The van der Waals surface area contributed by atoms with Crippen LogP contribution < -0.4 is 40.8 Å². The maximum atomic E-state index is 11.8. The van der Waals surface area contributed by atoms with Crippen molar-refractivity contribution in [3.05, 3.63) is 33.1 Å². The summed E-state index contributed by atoms with van der Waals surface area (Å²) in [5, 5.41) is 18.6. The zero-order valence-electron chi connectivity index (χ0n) is 12.4. The molecule has 0 radical (unpaired) electrons. The van der Waals surface area contributed by atoms with Gasteiger partial charge in [-0.2, -0.15) is 0 Å². The Balaban J connectivity index is 0. The molecule has 120 valence electrons. The number of hydrogen-bond donors (Lipinski definition) is 5. The van der Waals surface area contributed by atoms with Gasteiger partial charge in [0.25, 0.3) is 11.5 Å². The first-order chi connectivity index (χ1) is 9.65. The molecule has 5 N–H and O–H groups in total. The fourth-order valence-electron chi connectivity index (χ4n) is 1.33. The molecule has 0 aliphatic carbocycles. The van der Waals surface area contributed by atoms with Crippen molar-refractivity contribution in [3.63, 3.8) is 0 Å². The smallest absolute Gasteiger partial charge is 1.00 e. The summed E-state index contributed by atoms with van der Waals surface area (Å²) in [4.78, 5) is 53.0. The van der Waals surface area contributed by atoms with Crippen molar-refractivity contribution in [3.8, 4) is 0 Å². The van der Waals surface area contributed by atoms with Crippen LogP contribution in [0.25, 0.3) is 0 Å². The second kappa shape index (κ2) is 8.87. The van der Waals surface area contributed by atoms with Crippen LogP contribution in [0, 0.1) is 0 Å². The molecular formula is C9H14N2NaO9P. The van der Waals surface area contributed by atoms with Crippen molar-refractivity contribution in [2.45, 2.75) is 12.2 Å². The van der Waals surface area contributed by atoms with Crippen LogP contribution in [0.2, 0.25) is 0 Å². The van der Waals surface area contributed by atoms with Crippen molar-refractivity contribution >= 4 is 13.5 Å². The monoisotopic (exact) mass is 348 g/mol. The van der Waals surface area contributed by atoms with E-state index in [1.54, 1.807) is 4.98 Å². The number of aromatic nitrogens is 2. The number of aromatic amines is 1. The van der Waals surface area contributed by atoms with E-state index in [1.165, 1.54) is 0 Å². The van der Waals surface area contributed by atoms with Gasteiger partial charge in [0.05, 0.1) is 6.61 Å². The molecule has 0 spiro atoms. The number of nitrogens with one attached hydrogen (secondary N) is 1. The summed E-state index contributed by atoms with van der Waals surface area (Å²) in [5.74, 6) is -1.24. The average Bonchev–Trinajstić information content (AvgIpc) is 2.37. The Labute approximate surface area is 146 Å². The third kappa shape index (κ3) is 6.24. The largest absolute Gasteiger partial charge is 1.00 e. The zero-order valence-corrected chi connectivity index (χ0v) is 14.3. The van der Waals surface area contributed by atoms with Gasteiger partial charge in [0, 0.05) is 12.3 Å². The molecule has 11 nitrogen and oxygen atoms in total. The maximum Gasteiger partial charge on any atom is 1.00 e. The number of aliphatic hydroxyl groups is 2. The van der Waals surface area contributed by atoms with Crippen LogP contribution in [0.3, 0.4) is 0 Å². The first-order valence-corrected chi connectivity index (χ1v) is 7.27. The molecule has 13 heteroatoms. The SMILES string of the molecule is O=C([C@H](O)[C@H](CO)OCP(=O)(O)O)n1ccc(=O)[nH]c1=O.[H-].[Na+]. The molecule has 0 fully saturated rings. The van der Waals surface area contributed by atoms with Gasteiger partial charge in [-0.25, -0.2) is 9.36 Å². The van der Waals surface area contributed by atoms with E-state index in [4.69, 9.17) is 14.9 Å². The number of rotatable bonds is 6. The van der Waals surface area contributed by atoms with Crippen LogP contribution in [0.5, 0.6) is 0 Å². The third-order valence-electron chi connectivity index (χ3n) is 2.30. The molecule has 1 heterocycles. The molecule has 0 amide bonds. The Kier molecular flexibility index (Phi) is 8.62. The second-order valence-electron chi connectivity index (χ2n) is 3.94. The first kappa shape index (κ1) is 21.4. The summed E-state index contributed by atoms with van der Waals surface area (Å²) in [5.41, 5.74) is -1.87. The van der Waals surface area contributed by atoms with Crippen molar-refractivity contribution < 1.29 is 65.1 Å². The molecule has 0 saturated heterocycles. The van der Waals surface area contributed by atoms with Crippen LogP contribution in [0.15, 0.2) is 21.9 Å². The van der Waals surface area contributed by atoms with Gasteiger partial charge in [-0.3, -0.25) is 19.1 Å². The Morgan fingerprint density at radius 3 is 2.50 bits per heavy atom. The molecule has 0 bridgehead atoms. The maximum absolute atomic E-state index is 11.8. The van der Waals surface area contributed by atoms with Crippen molar-refractivity contribution in [1.82, 2.24) is 9.55 Å². The summed E-state index contributed by atoms with van der Waals surface area (Å²) in [6, 6.07) is 0.858. The number of H-pyrrole nitrogens is 1. The van der Waals surface area contributed by atoms with E-state index < -0.39 is 49.9 Å². The number of aliphatic hydroxyl groups excluding tert-OH is 2. The number of carbonyl (C=O) groups is 1. The summed E-state index contributed by atoms with van der Waals surface area (Å²) in [7, 11) is -4.56. The van der Waals surface area contributed by atoms with Gasteiger partial charge < -0.3 is 26.2 Å². The summed E-state index contributed by atoms with van der Waals surface area (Å²) in [6.07, 6.45) is -4.03. The molecule has 1 aromatic rings. The quantitative estimate of drug-likeness (QED) is 0.247. The minimum atomic E-state index is -4.56. The number of hydrogen-bond acceptors (Lipinski definition) is 7. The van der Waals surface area contributed by atoms with Gasteiger partial charge in [-0.05, 0) is 0 Å². The molecule has 0 aromatic carbocycles. The summed E-state index contributed by atoms with van der Waals surface area (Å²) in [6.45, 7) is -0.926. The average molecular weight is 348 g/mol. The molecule has 1 rings (SSSR count). The Morgan fingerprint density at radius 1 is 1.45 bits per heavy atom. The zero-order chi connectivity index (χ0) is 16.2. The summed E-state index contributed by atoms with van der Waals surface area (Å²) >= 11 is 0. The van der Waals surface area contributed by atoms with Crippen LogP contribution in [-0.2, 0) is 9.30 Å². The minimum Gasteiger partial charge on any atom is -1.00 e. The Hall–Kier alpha value is -0.620. The van der Waals surface area contributed by atoms with E-state index in [0.717, 1.165) is 12.3 Å². The number of ether oxygens (including phenoxy) is 1. The third-order valence-corrected chi connectivity index (χ3v) is 2.79. The predicted molar refractivity (Wildman–Crippen MR) is 67.9 cm³/mol. The standard InChI is InChI=1S/C9H13N2O9P.Na.H/c12-3-5(20-4-21(17,18)19)7(14)8(15)11-2-1-6(13)10-9(11)16;;/h1-2,5,7,12,14H,3-4H2,(H,10,13,16)(H2,17,18,19);;/q;+1;-1/t5-,7+;;/m0../s1. The van der Waals surface area contributed by atoms with Gasteiger partial charge in [0.1, 0.15) is 12.5 Å². The van der Waals surface area contributed by atoms with Crippen molar-refractivity contribution in [2.24, 2.45) is 0 Å². The van der Waals surface area contributed by atoms with Gasteiger partial charge in [0.15, 0.2) is 6.10 Å². The van der Waals surface area contributed by atoms with Gasteiger partial charge in [0.2, 0.25) is 0 Å². The van der Waals surface area contributed by atoms with Crippen molar-refractivity contribution in [1.29, 1.82) is 0 Å². The van der Waals surface area contributed by atoms with E-state index in [1.807, 2.05) is 0 Å². The van der Waals surface area contributed by atoms with Crippen LogP contribution in [-0.4, -0.2) is 60.6 Å². The Morgan fingerprint density at radius 2 is 2.05 bits per heavy atom. The molecule has 0 saturated carbocycles. The molecular weight excluding hydrogens is 334 g/mol. The molecule has 0 unspecified atom stereocenters. The van der Waals surface area contributed by atoms with Crippen LogP contribution in [0.1, 0.15) is 6.22 Å². The summed E-state index contributed by atoms with van der Waals surface area (Å²) < 4.78 is 15.6.